The first-order valence-electron chi connectivity index (χ1n) is 8.00. The Balaban J connectivity index is 1.67. The summed E-state index contributed by atoms with van der Waals surface area (Å²) in [6.07, 6.45) is -2.36. The van der Waals surface area contributed by atoms with Crippen molar-refractivity contribution in [1.29, 1.82) is 0 Å². The minimum Gasteiger partial charge on any atom is -0.390 e. The fourth-order valence-corrected chi connectivity index (χ4v) is 5.69. The summed E-state index contributed by atoms with van der Waals surface area (Å²) in [5.74, 6) is -0.193. The number of H-pyrrole nitrogens is 1. The van der Waals surface area contributed by atoms with Crippen molar-refractivity contribution in [3.63, 3.8) is 0 Å². The largest absolute Gasteiger partial charge is 0.490 e. The predicted molar refractivity (Wildman–Crippen MR) is 96.9 cm³/mol. The number of nitrogens with two attached hydrogens (primary N) is 1. The minimum atomic E-state index is -5.67. The number of fused-ring (bicyclic) bond motifs is 1. The number of ether oxygens (including phenoxy) is 1. The summed E-state index contributed by atoms with van der Waals surface area (Å²) in [5.41, 5.74) is 4.89. The molecule has 0 aromatic carbocycles. The summed E-state index contributed by atoms with van der Waals surface area (Å²) < 4.78 is 52.1. The van der Waals surface area contributed by atoms with Crippen LogP contribution in [0.2, 0.25) is 0 Å². The Morgan fingerprint density at radius 1 is 1.23 bits per heavy atom. The van der Waals surface area contributed by atoms with Crippen LogP contribution >= 0.6 is 23.5 Å². The van der Waals surface area contributed by atoms with Crippen LogP contribution in [-0.2, 0) is 31.6 Å². The summed E-state index contributed by atoms with van der Waals surface area (Å²) in [6, 6.07) is 0. The highest BCUT2D eigenvalue weighted by Gasteiger charge is 2.43. The smallest absolute Gasteiger partial charge is 0.390 e. The summed E-state index contributed by atoms with van der Waals surface area (Å²) in [5, 5.41) is 10.1. The number of aromatic nitrogens is 4. The third-order valence-corrected chi connectivity index (χ3v) is 7.59. The van der Waals surface area contributed by atoms with Crippen LogP contribution in [0, 0.1) is 0 Å². The first kappa shape index (κ1) is 24.1. The molecule has 0 saturated carbocycles. The average Bonchev–Trinajstić information content (AvgIpc) is 3.13. The van der Waals surface area contributed by atoms with Gasteiger partial charge in [-0.1, -0.05) is 0 Å². The Morgan fingerprint density at radius 3 is 2.55 bits per heavy atom. The molecule has 0 bridgehead atoms. The number of aromatic amines is 1. The SMILES string of the molecule is Nc1nc2c(ncn2[C@@H]2C[C@@H](O)[C@H](COP(=O)(O)OP(=O)(O)OP(=O)(O)O)O2)c(=O)[nH]1. The molecule has 2 aromatic rings. The zero-order chi connectivity index (χ0) is 23.2. The van der Waals surface area contributed by atoms with Crippen molar-refractivity contribution in [3.8, 4) is 0 Å². The Labute approximate surface area is 171 Å². The average molecular weight is 507 g/mol. The number of imidazole rings is 1. The zero-order valence-corrected chi connectivity index (χ0v) is 17.7. The fraction of sp³-hybridized carbons (Fsp3) is 0.500. The first-order valence-corrected chi connectivity index (χ1v) is 12.5. The lowest BCUT2D eigenvalue weighted by Crippen LogP contribution is -2.26. The summed E-state index contributed by atoms with van der Waals surface area (Å²) in [7, 11) is -16.6. The van der Waals surface area contributed by atoms with Gasteiger partial charge in [0, 0.05) is 6.42 Å². The maximum absolute atomic E-state index is 11.8. The van der Waals surface area contributed by atoms with Gasteiger partial charge >= 0.3 is 23.5 Å². The van der Waals surface area contributed by atoms with Crippen molar-refractivity contribution in [3.05, 3.63) is 16.7 Å². The summed E-state index contributed by atoms with van der Waals surface area (Å²) >= 11 is 0. The number of anilines is 1. The highest BCUT2D eigenvalue weighted by Crippen LogP contribution is 2.66. The Kier molecular flexibility index (Phi) is 6.57. The normalized spacial score (nSPS) is 26.0. The van der Waals surface area contributed by atoms with Gasteiger partial charge in [0.05, 0.1) is 19.0 Å². The van der Waals surface area contributed by atoms with E-state index in [1.54, 1.807) is 0 Å². The first-order chi connectivity index (χ1) is 14.2. The second kappa shape index (κ2) is 8.44. The topological polar surface area (TPSA) is 279 Å². The second-order valence-electron chi connectivity index (χ2n) is 6.09. The van der Waals surface area contributed by atoms with Gasteiger partial charge in [-0.05, 0) is 0 Å². The van der Waals surface area contributed by atoms with E-state index in [9.17, 15) is 28.5 Å². The Morgan fingerprint density at radius 2 is 1.90 bits per heavy atom. The van der Waals surface area contributed by atoms with E-state index in [4.69, 9.17) is 25.2 Å². The molecule has 1 aliphatic rings. The van der Waals surface area contributed by atoms with Crippen LogP contribution in [0.3, 0.4) is 0 Å². The molecule has 31 heavy (non-hydrogen) atoms. The van der Waals surface area contributed by atoms with E-state index in [1.807, 2.05) is 0 Å². The third kappa shape index (κ3) is 6.04. The fourth-order valence-electron chi connectivity index (χ4n) is 2.66. The zero-order valence-electron chi connectivity index (χ0n) is 15.0. The van der Waals surface area contributed by atoms with Crippen LogP contribution in [0.25, 0.3) is 11.2 Å². The Bertz CT molecular complexity index is 1170. The molecule has 5 atom stereocenters. The van der Waals surface area contributed by atoms with Gasteiger partial charge < -0.3 is 35.2 Å². The molecular weight excluding hydrogens is 491 g/mol. The van der Waals surface area contributed by atoms with E-state index in [2.05, 4.69) is 28.1 Å². The van der Waals surface area contributed by atoms with E-state index >= 15 is 0 Å². The number of nitrogens with zero attached hydrogens (tertiary/aromatic N) is 3. The van der Waals surface area contributed by atoms with Crippen LogP contribution in [0.15, 0.2) is 11.1 Å². The molecule has 3 heterocycles. The summed E-state index contributed by atoms with van der Waals surface area (Å²) in [4.78, 5) is 57.5. The number of rotatable bonds is 8. The predicted octanol–water partition coefficient (Wildman–Crippen LogP) is -1.31. The van der Waals surface area contributed by atoms with Gasteiger partial charge in [0.25, 0.3) is 5.56 Å². The van der Waals surface area contributed by atoms with Gasteiger partial charge in [-0.15, -0.1) is 0 Å². The number of hydrogen-bond acceptors (Lipinski definition) is 12. The van der Waals surface area contributed by atoms with Gasteiger partial charge in [-0.3, -0.25) is 18.9 Å². The van der Waals surface area contributed by atoms with E-state index < -0.39 is 54.1 Å². The van der Waals surface area contributed by atoms with E-state index in [1.165, 1.54) is 10.9 Å². The lowest BCUT2D eigenvalue weighted by molar-refractivity contribution is -0.0423. The molecule has 174 valence electrons. The van der Waals surface area contributed by atoms with Crippen LogP contribution in [0.4, 0.5) is 5.95 Å². The van der Waals surface area contributed by atoms with Gasteiger partial charge in [0.1, 0.15) is 12.3 Å². The highest BCUT2D eigenvalue weighted by molar-refractivity contribution is 7.66. The molecule has 0 amide bonds. The molecule has 1 aliphatic heterocycles. The molecule has 21 heteroatoms. The van der Waals surface area contributed by atoms with Crippen LogP contribution in [0.5, 0.6) is 0 Å². The number of nitrogen functional groups attached to an aromatic ring is 1. The van der Waals surface area contributed by atoms with Crippen molar-refractivity contribution < 1.29 is 56.3 Å². The summed E-state index contributed by atoms with van der Waals surface area (Å²) in [6.45, 7) is -0.843. The molecule has 1 saturated heterocycles. The quantitative estimate of drug-likeness (QED) is 0.204. The molecule has 0 radical (unpaired) electrons. The van der Waals surface area contributed by atoms with Crippen LogP contribution < -0.4 is 11.3 Å². The number of phosphoric acid groups is 3. The number of hydrogen-bond donors (Lipinski definition) is 7. The number of aliphatic hydroxyl groups excluding tert-OH is 1. The van der Waals surface area contributed by atoms with Crippen LogP contribution in [0.1, 0.15) is 12.6 Å². The minimum absolute atomic E-state index is 0.0481. The lowest BCUT2D eigenvalue weighted by atomic mass is 10.2. The third-order valence-electron chi connectivity index (χ3n) is 3.78. The second-order valence-corrected chi connectivity index (χ2v) is 10.5. The van der Waals surface area contributed by atoms with Crippen LogP contribution in [-0.4, -0.2) is 63.0 Å². The standard InChI is InChI=1S/C10H16N5O13P3/c11-10-13-8-7(9(17)14-10)12-3-15(8)6-1-4(16)5(26-6)2-25-30(21,22)28-31(23,24)27-29(18,19)20/h3-6,16H,1-2H2,(H,21,22)(H,23,24)(H2,18,19,20)(H3,11,13,14,17)/t4-,5+,6+/m1/s1. The molecule has 2 unspecified atom stereocenters. The Hall–Kier alpha value is -1.52. The molecule has 2 aromatic heterocycles. The van der Waals surface area contributed by atoms with Gasteiger partial charge in [0.2, 0.25) is 5.95 Å². The molecular formula is C10H16N5O13P3. The van der Waals surface area contributed by atoms with Crippen molar-refractivity contribution in [1.82, 2.24) is 19.5 Å². The maximum Gasteiger partial charge on any atom is 0.490 e. The van der Waals surface area contributed by atoms with Gasteiger partial charge in [-0.25, -0.2) is 18.7 Å². The van der Waals surface area contributed by atoms with Crippen molar-refractivity contribution in [2.24, 2.45) is 0 Å². The molecule has 1 fully saturated rings. The van der Waals surface area contributed by atoms with Crippen molar-refractivity contribution in [2.75, 3.05) is 12.3 Å². The monoisotopic (exact) mass is 507 g/mol. The molecule has 0 aliphatic carbocycles. The number of phosphoric ester groups is 1. The van der Waals surface area contributed by atoms with E-state index in [0.29, 0.717) is 0 Å². The van der Waals surface area contributed by atoms with Crippen molar-refractivity contribution >= 4 is 40.6 Å². The maximum atomic E-state index is 11.8. The molecule has 3 rings (SSSR count). The molecule has 18 nitrogen and oxygen atoms in total. The molecule has 8 N–H and O–H groups in total. The van der Waals surface area contributed by atoms with Gasteiger partial charge in [0.15, 0.2) is 11.2 Å². The molecule has 0 spiro atoms. The van der Waals surface area contributed by atoms with Gasteiger partial charge in [-0.2, -0.15) is 13.6 Å². The number of aliphatic hydroxyl groups is 1. The number of nitrogens with one attached hydrogen (secondary N) is 1. The van der Waals surface area contributed by atoms with E-state index in [-0.39, 0.29) is 23.5 Å². The lowest BCUT2D eigenvalue weighted by Gasteiger charge is -2.19. The van der Waals surface area contributed by atoms with Crippen molar-refractivity contribution in [2.45, 2.75) is 24.9 Å². The van der Waals surface area contributed by atoms with E-state index in [0.717, 1.165) is 0 Å². The highest BCUT2D eigenvalue weighted by atomic mass is 31.3.